The molecular weight excluding hydrogens is 204 g/mol. The maximum Gasteiger partial charge on any atom is 0.347 e. The first-order valence-corrected chi connectivity index (χ1v) is 4.52. The first-order valence-electron chi connectivity index (χ1n) is 4.14. The van der Waals surface area contributed by atoms with Crippen molar-refractivity contribution in [3.8, 4) is 0 Å². The summed E-state index contributed by atoms with van der Waals surface area (Å²) in [5.41, 5.74) is 0.205. The minimum atomic E-state index is -0.706. The van der Waals surface area contributed by atoms with E-state index < -0.39 is 11.9 Å². The molecule has 4 heteroatoms. The fourth-order valence-electron chi connectivity index (χ4n) is 0.857. The van der Waals surface area contributed by atoms with E-state index in [0.29, 0.717) is 0 Å². The van der Waals surface area contributed by atoms with Gasteiger partial charge in [-0.05, 0) is 12.1 Å². The molecule has 0 aliphatic carbocycles. The SMILES string of the molecule is CCC(=O)OC(=O)c1ccccc1Cl. The Morgan fingerprint density at radius 3 is 2.57 bits per heavy atom. The maximum absolute atomic E-state index is 11.3. The Hall–Kier alpha value is -1.35. The summed E-state index contributed by atoms with van der Waals surface area (Å²) in [5, 5.41) is 0.279. The van der Waals surface area contributed by atoms with Gasteiger partial charge in [-0.1, -0.05) is 30.7 Å². The molecular formula is C10H9ClO3. The second kappa shape index (κ2) is 4.77. The third-order valence-electron chi connectivity index (χ3n) is 1.59. The number of carbonyl (C=O) groups is 2. The predicted octanol–water partition coefficient (Wildman–Crippen LogP) is 2.43. The van der Waals surface area contributed by atoms with Gasteiger partial charge in [0.15, 0.2) is 0 Å². The summed E-state index contributed by atoms with van der Waals surface area (Å²) in [5.74, 6) is -1.27. The van der Waals surface area contributed by atoms with E-state index in [1.807, 2.05) is 0 Å². The van der Waals surface area contributed by atoms with Gasteiger partial charge in [-0.3, -0.25) is 4.79 Å². The lowest BCUT2D eigenvalue weighted by molar-refractivity contribution is -0.137. The fraction of sp³-hybridized carbons (Fsp3) is 0.200. The van der Waals surface area contributed by atoms with Gasteiger partial charge in [0, 0.05) is 6.42 Å². The van der Waals surface area contributed by atoms with Crippen LogP contribution in [0.1, 0.15) is 23.7 Å². The van der Waals surface area contributed by atoms with Gasteiger partial charge in [0.1, 0.15) is 0 Å². The zero-order valence-corrected chi connectivity index (χ0v) is 8.38. The number of halogens is 1. The van der Waals surface area contributed by atoms with Crippen molar-refractivity contribution in [3.05, 3.63) is 34.9 Å². The summed E-state index contributed by atoms with van der Waals surface area (Å²) < 4.78 is 4.50. The molecule has 74 valence electrons. The number of rotatable bonds is 2. The molecule has 0 radical (unpaired) electrons. The molecule has 0 unspecified atom stereocenters. The van der Waals surface area contributed by atoms with Crippen LogP contribution in [0.3, 0.4) is 0 Å². The van der Waals surface area contributed by atoms with E-state index >= 15 is 0 Å². The lowest BCUT2D eigenvalue weighted by atomic mass is 10.2. The number of ether oxygens (including phenoxy) is 1. The molecule has 0 saturated heterocycles. The molecule has 0 spiro atoms. The molecule has 0 atom stereocenters. The number of esters is 2. The van der Waals surface area contributed by atoms with Crippen LogP contribution >= 0.6 is 11.6 Å². The second-order valence-corrected chi connectivity index (χ2v) is 3.00. The third-order valence-corrected chi connectivity index (χ3v) is 1.92. The Morgan fingerprint density at radius 2 is 2.00 bits per heavy atom. The Kier molecular flexibility index (Phi) is 3.65. The molecule has 3 nitrogen and oxygen atoms in total. The Bertz CT molecular complexity index is 360. The molecule has 0 saturated carbocycles. The standard InChI is InChI=1S/C10H9ClO3/c1-2-9(12)14-10(13)7-5-3-4-6-8(7)11/h3-6H,2H2,1H3. The molecule has 1 aromatic carbocycles. The second-order valence-electron chi connectivity index (χ2n) is 2.59. The minimum absolute atomic E-state index is 0.163. The maximum atomic E-state index is 11.3. The number of benzene rings is 1. The van der Waals surface area contributed by atoms with Crippen molar-refractivity contribution in [2.24, 2.45) is 0 Å². The van der Waals surface area contributed by atoms with E-state index in [2.05, 4.69) is 4.74 Å². The van der Waals surface area contributed by atoms with Crippen LogP contribution < -0.4 is 0 Å². The first kappa shape index (κ1) is 10.7. The summed E-state index contributed by atoms with van der Waals surface area (Å²) in [6, 6.07) is 6.42. The molecule has 1 aromatic rings. The van der Waals surface area contributed by atoms with Crippen LogP contribution in [0, 0.1) is 0 Å². The van der Waals surface area contributed by atoms with E-state index in [0.717, 1.165) is 0 Å². The molecule has 0 amide bonds. The summed E-state index contributed by atoms with van der Waals surface area (Å²) in [6.45, 7) is 1.61. The van der Waals surface area contributed by atoms with Crippen LogP contribution in [-0.2, 0) is 9.53 Å². The lowest BCUT2D eigenvalue weighted by Gasteiger charge is -2.02. The van der Waals surface area contributed by atoms with Crippen LogP contribution in [0.25, 0.3) is 0 Å². The molecule has 0 aliphatic rings. The van der Waals surface area contributed by atoms with Crippen LogP contribution in [0.15, 0.2) is 24.3 Å². The quantitative estimate of drug-likeness (QED) is 0.559. The van der Waals surface area contributed by atoms with Crippen molar-refractivity contribution < 1.29 is 14.3 Å². The van der Waals surface area contributed by atoms with Crippen molar-refractivity contribution >= 4 is 23.5 Å². The van der Waals surface area contributed by atoms with Gasteiger partial charge in [-0.25, -0.2) is 4.79 Å². The zero-order chi connectivity index (χ0) is 10.6. The number of carbonyl (C=O) groups excluding carboxylic acids is 2. The molecule has 14 heavy (non-hydrogen) atoms. The lowest BCUT2D eigenvalue weighted by Crippen LogP contribution is -2.11. The average Bonchev–Trinajstić information content (AvgIpc) is 2.18. The molecule has 0 heterocycles. The zero-order valence-electron chi connectivity index (χ0n) is 7.62. The first-order chi connectivity index (χ1) is 6.65. The highest BCUT2D eigenvalue weighted by molar-refractivity contribution is 6.33. The number of hydrogen-bond donors (Lipinski definition) is 0. The Labute approximate surface area is 86.6 Å². The third kappa shape index (κ3) is 2.57. The predicted molar refractivity (Wildman–Crippen MR) is 52.2 cm³/mol. The van der Waals surface area contributed by atoms with Crippen molar-refractivity contribution in [2.75, 3.05) is 0 Å². The molecule has 0 aliphatic heterocycles. The summed E-state index contributed by atoms with van der Waals surface area (Å²) in [6.07, 6.45) is 0.163. The van der Waals surface area contributed by atoms with E-state index in [1.54, 1.807) is 25.1 Å². The van der Waals surface area contributed by atoms with Crippen LogP contribution in [0.2, 0.25) is 5.02 Å². The van der Waals surface area contributed by atoms with E-state index in [-0.39, 0.29) is 17.0 Å². The molecule has 0 N–H and O–H groups in total. The number of hydrogen-bond acceptors (Lipinski definition) is 3. The van der Waals surface area contributed by atoms with Gasteiger partial charge >= 0.3 is 11.9 Å². The van der Waals surface area contributed by atoms with Gasteiger partial charge in [0.2, 0.25) is 0 Å². The van der Waals surface area contributed by atoms with Crippen molar-refractivity contribution in [1.29, 1.82) is 0 Å². The monoisotopic (exact) mass is 212 g/mol. The van der Waals surface area contributed by atoms with E-state index in [4.69, 9.17) is 11.6 Å². The summed E-state index contributed by atoms with van der Waals surface area (Å²) >= 11 is 5.73. The molecule has 0 fully saturated rings. The highest BCUT2D eigenvalue weighted by Crippen LogP contribution is 2.15. The van der Waals surface area contributed by atoms with Gasteiger partial charge in [0.25, 0.3) is 0 Å². The summed E-state index contributed by atoms with van der Waals surface area (Å²) in [7, 11) is 0. The van der Waals surface area contributed by atoms with Gasteiger partial charge in [-0.2, -0.15) is 0 Å². The topological polar surface area (TPSA) is 43.4 Å². The van der Waals surface area contributed by atoms with E-state index in [9.17, 15) is 9.59 Å². The largest absolute Gasteiger partial charge is 0.389 e. The van der Waals surface area contributed by atoms with Gasteiger partial charge < -0.3 is 4.74 Å². The fourth-order valence-corrected chi connectivity index (χ4v) is 1.07. The van der Waals surface area contributed by atoms with Crippen molar-refractivity contribution in [2.45, 2.75) is 13.3 Å². The highest BCUT2D eigenvalue weighted by Gasteiger charge is 2.13. The average molecular weight is 213 g/mol. The van der Waals surface area contributed by atoms with E-state index in [1.165, 1.54) is 6.07 Å². The van der Waals surface area contributed by atoms with Gasteiger partial charge in [-0.15, -0.1) is 0 Å². The minimum Gasteiger partial charge on any atom is -0.389 e. The van der Waals surface area contributed by atoms with Crippen LogP contribution in [0.5, 0.6) is 0 Å². The Morgan fingerprint density at radius 1 is 1.36 bits per heavy atom. The highest BCUT2D eigenvalue weighted by atomic mass is 35.5. The molecule has 1 rings (SSSR count). The smallest absolute Gasteiger partial charge is 0.347 e. The summed E-state index contributed by atoms with van der Waals surface area (Å²) in [4.78, 5) is 22.1. The van der Waals surface area contributed by atoms with Crippen LogP contribution in [0.4, 0.5) is 0 Å². The normalized spacial score (nSPS) is 9.57. The molecule has 0 aromatic heterocycles. The Balaban J connectivity index is 2.80. The van der Waals surface area contributed by atoms with Crippen LogP contribution in [-0.4, -0.2) is 11.9 Å². The van der Waals surface area contributed by atoms with Gasteiger partial charge in [0.05, 0.1) is 10.6 Å². The molecule has 0 bridgehead atoms. The van der Waals surface area contributed by atoms with Crippen molar-refractivity contribution in [1.82, 2.24) is 0 Å². The van der Waals surface area contributed by atoms with Crippen molar-refractivity contribution in [3.63, 3.8) is 0 Å².